The summed E-state index contributed by atoms with van der Waals surface area (Å²) in [6.45, 7) is 7.70. The van der Waals surface area contributed by atoms with E-state index in [-0.39, 0.29) is 29.8 Å². The van der Waals surface area contributed by atoms with Gasteiger partial charge in [-0.2, -0.15) is 0 Å². The third-order valence-corrected chi connectivity index (χ3v) is 3.95. The van der Waals surface area contributed by atoms with Crippen LogP contribution in [-0.2, 0) is 19.1 Å². The second-order valence-electron chi connectivity index (χ2n) is 5.14. The van der Waals surface area contributed by atoms with Crippen molar-refractivity contribution in [1.29, 1.82) is 0 Å². The summed E-state index contributed by atoms with van der Waals surface area (Å²) < 4.78 is 9.86. The number of likely N-dealkylation sites (tertiary alicyclic amines) is 1. The summed E-state index contributed by atoms with van der Waals surface area (Å²) in [5.74, 6) is -0.581. The molecule has 19 heavy (non-hydrogen) atoms. The minimum Gasteiger partial charge on any atom is -0.469 e. The van der Waals surface area contributed by atoms with Crippen molar-refractivity contribution in [2.75, 3.05) is 26.8 Å². The summed E-state index contributed by atoms with van der Waals surface area (Å²) in [5.41, 5.74) is 0. The molecular formula is C14H25NO4. The molecule has 1 rings (SSSR count). The van der Waals surface area contributed by atoms with E-state index in [1.807, 2.05) is 20.8 Å². The van der Waals surface area contributed by atoms with Gasteiger partial charge < -0.3 is 9.47 Å². The van der Waals surface area contributed by atoms with Crippen LogP contribution >= 0.6 is 0 Å². The fourth-order valence-corrected chi connectivity index (χ4v) is 2.53. The quantitative estimate of drug-likeness (QED) is 0.709. The van der Waals surface area contributed by atoms with Gasteiger partial charge in [0.2, 0.25) is 0 Å². The standard InChI is InChI=1S/C14H25NO4/c1-5-19-14(17)12-7-6-8-15(9-12)11(3)10(2)13(16)18-4/h10-12H,5-9H2,1-4H3/t10?,11?,12-/m1/s1. The van der Waals surface area contributed by atoms with Crippen molar-refractivity contribution in [1.82, 2.24) is 4.90 Å². The van der Waals surface area contributed by atoms with E-state index in [0.29, 0.717) is 13.2 Å². The first-order valence-corrected chi connectivity index (χ1v) is 6.99. The summed E-state index contributed by atoms with van der Waals surface area (Å²) >= 11 is 0. The number of carbonyl (C=O) groups excluding carboxylic acids is 2. The molecular weight excluding hydrogens is 246 g/mol. The van der Waals surface area contributed by atoms with E-state index >= 15 is 0 Å². The van der Waals surface area contributed by atoms with Gasteiger partial charge in [0, 0.05) is 12.6 Å². The van der Waals surface area contributed by atoms with Crippen LogP contribution in [0.3, 0.4) is 0 Å². The summed E-state index contributed by atoms with van der Waals surface area (Å²) in [5, 5.41) is 0. The number of ether oxygens (including phenoxy) is 2. The highest BCUT2D eigenvalue weighted by Crippen LogP contribution is 2.23. The van der Waals surface area contributed by atoms with Crippen LogP contribution in [0.25, 0.3) is 0 Å². The Morgan fingerprint density at radius 2 is 2.05 bits per heavy atom. The number of methoxy groups -OCH3 is 1. The zero-order valence-electron chi connectivity index (χ0n) is 12.3. The highest BCUT2D eigenvalue weighted by atomic mass is 16.5. The van der Waals surface area contributed by atoms with Crippen LogP contribution < -0.4 is 0 Å². The van der Waals surface area contributed by atoms with Crippen molar-refractivity contribution in [3.8, 4) is 0 Å². The Morgan fingerprint density at radius 3 is 2.63 bits per heavy atom. The van der Waals surface area contributed by atoms with Crippen LogP contribution in [0.2, 0.25) is 0 Å². The van der Waals surface area contributed by atoms with Gasteiger partial charge in [-0.15, -0.1) is 0 Å². The minimum atomic E-state index is -0.203. The first kappa shape index (κ1) is 16.0. The van der Waals surface area contributed by atoms with Gasteiger partial charge in [0.05, 0.1) is 25.6 Å². The first-order valence-electron chi connectivity index (χ1n) is 6.99. The van der Waals surface area contributed by atoms with Crippen LogP contribution in [0.4, 0.5) is 0 Å². The third kappa shape index (κ3) is 4.20. The summed E-state index contributed by atoms with van der Waals surface area (Å²) in [6.07, 6.45) is 1.83. The van der Waals surface area contributed by atoms with Gasteiger partial charge >= 0.3 is 11.9 Å². The molecule has 0 aromatic carbocycles. The van der Waals surface area contributed by atoms with Crippen molar-refractivity contribution < 1.29 is 19.1 Å². The molecule has 1 fully saturated rings. The lowest BCUT2D eigenvalue weighted by Gasteiger charge is -2.37. The van der Waals surface area contributed by atoms with Crippen molar-refractivity contribution in [2.45, 2.75) is 39.7 Å². The molecule has 1 aliphatic rings. The molecule has 0 aromatic heterocycles. The van der Waals surface area contributed by atoms with Crippen molar-refractivity contribution in [3.63, 3.8) is 0 Å². The average molecular weight is 271 g/mol. The SMILES string of the molecule is CCOC(=O)[C@@H]1CCCN(C(C)C(C)C(=O)OC)C1. The Kier molecular flexibility index (Phi) is 6.28. The molecule has 5 heteroatoms. The van der Waals surface area contributed by atoms with Crippen molar-refractivity contribution in [2.24, 2.45) is 11.8 Å². The van der Waals surface area contributed by atoms with Gasteiger partial charge in [-0.3, -0.25) is 14.5 Å². The number of nitrogens with zero attached hydrogens (tertiary/aromatic N) is 1. The number of hydrogen-bond donors (Lipinski definition) is 0. The molecule has 2 unspecified atom stereocenters. The van der Waals surface area contributed by atoms with Gasteiger partial charge in [-0.05, 0) is 33.2 Å². The van der Waals surface area contributed by atoms with Gasteiger partial charge in [-0.25, -0.2) is 0 Å². The molecule has 3 atom stereocenters. The van der Waals surface area contributed by atoms with Crippen molar-refractivity contribution >= 4 is 11.9 Å². The second-order valence-corrected chi connectivity index (χ2v) is 5.14. The average Bonchev–Trinajstić information content (AvgIpc) is 2.45. The van der Waals surface area contributed by atoms with Gasteiger partial charge in [0.1, 0.15) is 0 Å². The maximum Gasteiger partial charge on any atom is 0.310 e. The molecule has 0 aromatic rings. The largest absolute Gasteiger partial charge is 0.469 e. The van der Waals surface area contributed by atoms with Gasteiger partial charge in [0.25, 0.3) is 0 Å². The predicted octanol–water partition coefficient (Wildman–Crippen LogP) is 1.46. The second kappa shape index (κ2) is 7.48. The summed E-state index contributed by atoms with van der Waals surface area (Å²) in [7, 11) is 1.41. The molecule has 0 saturated carbocycles. The molecule has 0 radical (unpaired) electrons. The minimum absolute atomic E-state index is 0.0685. The molecule has 0 amide bonds. The van der Waals surface area contributed by atoms with E-state index in [2.05, 4.69) is 4.90 Å². The molecule has 5 nitrogen and oxygen atoms in total. The molecule has 0 bridgehead atoms. The molecule has 110 valence electrons. The Morgan fingerprint density at radius 1 is 1.37 bits per heavy atom. The zero-order chi connectivity index (χ0) is 14.4. The predicted molar refractivity (Wildman–Crippen MR) is 71.6 cm³/mol. The van der Waals surface area contributed by atoms with Gasteiger partial charge in [-0.1, -0.05) is 6.92 Å². The first-order chi connectivity index (χ1) is 9.01. The maximum absolute atomic E-state index is 11.8. The topological polar surface area (TPSA) is 55.8 Å². The maximum atomic E-state index is 11.8. The van der Waals surface area contributed by atoms with E-state index in [1.165, 1.54) is 7.11 Å². The van der Waals surface area contributed by atoms with E-state index in [0.717, 1.165) is 19.4 Å². The van der Waals surface area contributed by atoms with Gasteiger partial charge in [0.15, 0.2) is 0 Å². The monoisotopic (exact) mass is 271 g/mol. The molecule has 0 N–H and O–H groups in total. The van der Waals surface area contributed by atoms with Crippen LogP contribution in [0, 0.1) is 11.8 Å². The smallest absolute Gasteiger partial charge is 0.310 e. The Balaban J connectivity index is 2.58. The highest BCUT2D eigenvalue weighted by Gasteiger charge is 2.33. The van der Waals surface area contributed by atoms with Crippen LogP contribution in [0.15, 0.2) is 0 Å². The summed E-state index contributed by atoms with van der Waals surface area (Å²) in [6, 6.07) is 0.0738. The summed E-state index contributed by atoms with van der Waals surface area (Å²) in [4.78, 5) is 25.5. The lowest BCUT2D eigenvalue weighted by atomic mass is 9.93. The van der Waals surface area contributed by atoms with E-state index in [9.17, 15) is 9.59 Å². The highest BCUT2D eigenvalue weighted by molar-refractivity contribution is 5.73. The third-order valence-electron chi connectivity index (χ3n) is 3.95. The van der Waals surface area contributed by atoms with Crippen LogP contribution in [0.1, 0.15) is 33.6 Å². The number of esters is 2. The Hall–Kier alpha value is -1.10. The lowest BCUT2D eigenvalue weighted by Crippen LogP contribution is -2.47. The van der Waals surface area contributed by atoms with E-state index < -0.39 is 0 Å². The molecule has 1 heterocycles. The Labute approximate surface area is 115 Å². The van der Waals surface area contributed by atoms with Crippen molar-refractivity contribution in [3.05, 3.63) is 0 Å². The normalized spacial score (nSPS) is 23.5. The number of piperidine rings is 1. The number of hydrogen-bond acceptors (Lipinski definition) is 5. The Bertz CT molecular complexity index is 319. The van der Waals surface area contributed by atoms with E-state index in [4.69, 9.17) is 9.47 Å². The molecule has 0 aliphatic carbocycles. The fourth-order valence-electron chi connectivity index (χ4n) is 2.53. The molecule has 1 aliphatic heterocycles. The zero-order valence-corrected chi connectivity index (χ0v) is 12.3. The molecule has 0 spiro atoms. The van der Waals surface area contributed by atoms with Crippen LogP contribution in [0.5, 0.6) is 0 Å². The van der Waals surface area contributed by atoms with Crippen LogP contribution in [-0.4, -0.2) is 49.7 Å². The fraction of sp³-hybridized carbons (Fsp3) is 0.857. The lowest BCUT2D eigenvalue weighted by molar-refractivity contribution is -0.151. The molecule has 1 saturated heterocycles. The number of carbonyl (C=O) groups is 2. The number of rotatable bonds is 5. The van der Waals surface area contributed by atoms with E-state index in [1.54, 1.807) is 0 Å².